The summed E-state index contributed by atoms with van der Waals surface area (Å²) in [7, 11) is 0. The van der Waals surface area contributed by atoms with E-state index in [9.17, 15) is 9.59 Å². The molecule has 3 aromatic rings. The molecule has 3 aromatic carbocycles. The lowest BCUT2D eigenvalue weighted by molar-refractivity contribution is -0.0110. The lowest BCUT2D eigenvalue weighted by atomic mass is 9.84. The first-order valence-corrected chi connectivity index (χ1v) is 13.7. The molecular formula is C31H31ClFNO8. The minimum Gasteiger partial charge on any atom is -0.490 e. The van der Waals surface area contributed by atoms with Gasteiger partial charge in [-0.15, -0.1) is 0 Å². The Morgan fingerprint density at radius 2 is 1.38 bits per heavy atom. The second-order valence-corrected chi connectivity index (χ2v) is 9.65. The van der Waals surface area contributed by atoms with E-state index in [0.29, 0.717) is 17.2 Å². The molecule has 0 bridgehead atoms. The van der Waals surface area contributed by atoms with Crippen LogP contribution in [0.3, 0.4) is 0 Å². The topological polar surface area (TPSA) is 102 Å². The predicted octanol–water partition coefficient (Wildman–Crippen LogP) is 6.62. The third-order valence-electron chi connectivity index (χ3n) is 6.29. The van der Waals surface area contributed by atoms with Crippen LogP contribution in [0.25, 0.3) is 0 Å². The van der Waals surface area contributed by atoms with Crippen molar-refractivity contribution >= 4 is 23.9 Å². The van der Waals surface area contributed by atoms with Crippen LogP contribution >= 0.6 is 11.6 Å². The van der Waals surface area contributed by atoms with Crippen LogP contribution in [-0.2, 0) is 18.9 Å². The lowest BCUT2D eigenvalue weighted by Gasteiger charge is -2.38. The fourth-order valence-electron chi connectivity index (χ4n) is 4.42. The largest absolute Gasteiger partial charge is 0.513 e. The summed E-state index contributed by atoms with van der Waals surface area (Å²) in [5.74, 6) is -0.546. The van der Waals surface area contributed by atoms with Crippen molar-refractivity contribution < 1.29 is 42.4 Å². The smallest absolute Gasteiger partial charge is 0.490 e. The zero-order valence-corrected chi connectivity index (χ0v) is 23.8. The molecule has 0 saturated heterocycles. The Balaban J connectivity index is 1.43. The van der Waals surface area contributed by atoms with Gasteiger partial charge in [-0.2, -0.15) is 0 Å². The molecule has 1 aliphatic heterocycles. The summed E-state index contributed by atoms with van der Waals surface area (Å²) in [6.45, 7) is 3.39. The number of halogens is 2. The molecule has 0 spiro atoms. The zero-order valence-electron chi connectivity index (χ0n) is 23.1. The summed E-state index contributed by atoms with van der Waals surface area (Å²) < 4.78 is 48.0. The Bertz CT molecular complexity index is 1370. The average molecular weight is 600 g/mol. The number of ether oxygens (including phenoxy) is 6. The molecule has 3 unspecified atom stereocenters. The monoisotopic (exact) mass is 599 g/mol. The van der Waals surface area contributed by atoms with Crippen molar-refractivity contribution in [1.82, 2.24) is 5.32 Å². The summed E-state index contributed by atoms with van der Waals surface area (Å²) in [5.41, 5.74) is 0.490. The predicted molar refractivity (Wildman–Crippen MR) is 152 cm³/mol. The molecule has 42 heavy (non-hydrogen) atoms. The van der Waals surface area contributed by atoms with E-state index < -0.39 is 36.2 Å². The first-order chi connectivity index (χ1) is 20.3. The van der Waals surface area contributed by atoms with Crippen LogP contribution in [0, 0.1) is 5.82 Å². The number of carbonyl (C=O) groups is 2. The van der Waals surface area contributed by atoms with Crippen LogP contribution in [0.2, 0.25) is 5.02 Å². The fourth-order valence-corrected chi connectivity index (χ4v) is 4.60. The van der Waals surface area contributed by atoms with Gasteiger partial charge in [0.05, 0.1) is 17.0 Å². The van der Waals surface area contributed by atoms with Crippen LogP contribution < -0.4 is 14.8 Å². The minimum atomic E-state index is -1.05. The third kappa shape index (κ3) is 8.29. The van der Waals surface area contributed by atoms with Gasteiger partial charge in [-0.3, -0.25) is 0 Å². The summed E-state index contributed by atoms with van der Waals surface area (Å²) in [4.78, 5) is 25.4. The summed E-state index contributed by atoms with van der Waals surface area (Å²) in [6, 6.07) is 22.0. The van der Waals surface area contributed by atoms with Crippen molar-refractivity contribution in [3.8, 4) is 11.5 Å². The van der Waals surface area contributed by atoms with Crippen molar-refractivity contribution in [3.63, 3.8) is 0 Å². The van der Waals surface area contributed by atoms with Gasteiger partial charge < -0.3 is 33.7 Å². The number of rotatable bonds is 11. The maximum absolute atomic E-state index is 15.3. The molecule has 0 radical (unpaired) electrons. The fraction of sp³-hybridized carbons (Fsp3) is 0.290. The molecule has 0 aliphatic carbocycles. The lowest BCUT2D eigenvalue weighted by Crippen LogP contribution is -2.49. The molecule has 1 aliphatic rings. The van der Waals surface area contributed by atoms with Crippen LogP contribution in [0.4, 0.5) is 14.0 Å². The van der Waals surface area contributed by atoms with E-state index in [2.05, 4.69) is 5.32 Å². The van der Waals surface area contributed by atoms with Gasteiger partial charge in [-0.05, 0) is 44.2 Å². The molecule has 9 nitrogen and oxygen atoms in total. The molecular weight excluding hydrogens is 569 g/mol. The minimum absolute atomic E-state index is 0.00783. The van der Waals surface area contributed by atoms with Gasteiger partial charge in [0.2, 0.25) is 0 Å². The van der Waals surface area contributed by atoms with E-state index in [1.807, 2.05) is 36.4 Å². The van der Waals surface area contributed by atoms with E-state index in [0.717, 1.165) is 0 Å². The van der Waals surface area contributed by atoms with Crippen LogP contribution in [0.1, 0.15) is 25.3 Å². The van der Waals surface area contributed by atoms with E-state index >= 15 is 4.39 Å². The van der Waals surface area contributed by atoms with Crippen molar-refractivity contribution in [1.29, 1.82) is 0 Å². The van der Waals surface area contributed by atoms with Crippen LogP contribution in [0.15, 0.2) is 90.3 Å². The highest BCUT2D eigenvalue weighted by atomic mass is 35.5. The first kappa shape index (κ1) is 30.5. The van der Waals surface area contributed by atoms with Gasteiger partial charge >= 0.3 is 12.3 Å². The molecule has 0 aromatic heterocycles. The molecule has 11 heteroatoms. The zero-order chi connectivity index (χ0) is 29.9. The van der Waals surface area contributed by atoms with Gasteiger partial charge in [-0.1, -0.05) is 60.1 Å². The van der Waals surface area contributed by atoms with Crippen molar-refractivity contribution in [2.75, 3.05) is 26.4 Å². The van der Waals surface area contributed by atoms with Gasteiger partial charge in [-0.25, -0.2) is 14.0 Å². The molecule has 1 heterocycles. The van der Waals surface area contributed by atoms with Gasteiger partial charge in [0.15, 0.2) is 0 Å². The van der Waals surface area contributed by atoms with E-state index in [1.165, 1.54) is 12.1 Å². The summed E-state index contributed by atoms with van der Waals surface area (Å²) >= 11 is 6.08. The van der Waals surface area contributed by atoms with Gasteiger partial charge in [0, 0.05) is 11.3 Å². The second-order valence-electron chi connectivity index (χ2n) is 9.25. The van der Waals surface area contributed by atoms with E-state index in [4.69, 9.17) is 40.0 Å². The number of allylic oxidation sites excluding steroid dienone is 1. The number of benzene rings is 3. The molecule has 3 atom stereocenters. The Kier molecular flexibility index (Phi) is 10.9. The van der Waals surface area contributed by atoms with Crippen molar-refractivity contribution in [2.24, 2.45) is 0 Å². The highest BCUT2D eigenvalue weighted by molar-refractivity contribution is 6.30. The maximum atomic E-state index is 15.3. The molecule has 0 saturated carbocycles. The summed E-state index contributed by atoms with van der Waals surface area (Å²) in [6.07, 6.45) is -3.09. The number of carbonyl (C=O) groups excluding carboxylic acids is 2. The van der Waals surface area contributed by atoms with Crippen molar-refractivity contribution in [2.45, 2.75) is 31.9 Å². The molecule has 0 amide bonds. The Morgan fingerprint density at radius 3 is 1.98 bits per heavy atom. The third-order valence-corrected chi connectivity index (χ3v) is 6.58. The highest BCUT2D eigenvalue weighted by Gasteiger charge is 2.43. The standard InChI is InChI=1S/C31H31ClFNO8/c1-20-28(41-30(35)39-18-16-37-22-10-5-3-6-11-22)26(24-14-9-15-25(32)27(24)33)29(21(2)34-20)42-31(36)40-19-17-38-23-12-7-4-8-13-23/h3-15,20,26,28,34H,16-19H2,1-2H3. The van der Waals surface area contributed by atoms with E-state index in [1.54, 1.807) is 44.2 Å². The van der Waals surface area contributed by atoms with Gasteiger partial charge in [0.25, 0.3) is 0 Å². The SMILES string of the molecule is CC1=C(OC(=O)OCCOc2ccccc2)C(c2cccc(Cl)c2F)C(OC(=O)OCCOc2ccccc2)C(C)N1. The number of para-hydroxylation sites is 2. The highest BCUT2D eigenvalue weighted by Crippen LogP contribution is 2.40. The first-order valence-electron chi connectivity index (χ1n) is 13.3. The Labute approximate surface area is 248 Å². The molecule has 0 fully saturated rings. The van der Waals surface area contributed by atoms with Crippen molar-refractivity contribution in [3.05, 3.63) is 107 Å². The van der Waals surface area contributed by atoms with Crippen LogP contribution in [-0.4, -0.2) is 50.9 Å². The average Bonchev–Trinajstić information content (AvgIpc) is 2.99. The molecule has 1 N–H and O–H groups in total. The maximum Gasteiger partial charge on any atom is 0.513 e. The molecule has 4 rings (SSSR count). The number of hydrogen-bond acceptors (Lipinski definition) is 9. The quantitative estimate of drug-likeness (QED) is 0.192. The number of hydrogen-bond donors (Lipinski definition) is 1. The second kappa shape index (κ2) is 15.0. The Morgan fingerprint density at radius 1 is 0.810 bits per heavy atom. The Hall–Kier alpha value is -4.44. The van der Waals surface area contributed by atoms with Crippen LogP contribution in [0.5, 0.6) is 11.5 Å². The molecule has 222 valence electrons. The normalized spacial score (nSPS) is 18.0. The van der Waals surface area contributed by atoms with E-state index in [-0.39, 0.29) is 42.8 Å². The summed E-state index contributed by atoms with van der Waals surface area (Å²) in [5, 5.41) is 2.97. The van der Waals surface area contributed by atoms with Gasteiger partial charge in [0.1, 0.15) is 55.6 Å². The number of nitrogens with one attached hydrogen (secondary N) is 1.